The Balaban J connectivity index is 2.53. The SMILES string of the molecule is C=CCN(CC(=O)O)C(=O)NCc1cscc1C. The molecule has 0 saturated carbocycles. The van der Waals surface area contributed by atoms with E-state index in [2.05, 4.69) is 11.9 Å². The number of urea groups is 1. The predicted molar refractivity (Wildman–Crippen MR) is 70.7 cm³/mol. The van der Waals surface area contributed by atoms with Crippen molar-refractivity contribution in [3.8, 4) is 0 Å². The molecule has 0 aliphatic heterocycles. The van der Waals surface area contributed by atoms with Gasteiger partial charge in [-0.25, -0.2) is 4.79 Å². The second-order valence-corrected chi connectivity index (χ2v) is 4.55. The van der Waals surface area contributed by atoms with E-state index in [1.165, 1.54) is 11.0 Å². The van der Waals surface area contributed by atoms with Crippen LogP contribution >= 0.6 is 11.3 Å². The van der Waals surface area contributed by atoms with E-state index < -0.39 is 12.0 Å². The van der Waals surface area contributed by atoms with Crippen molar-refractivity contribution in [2.45, 2.75) is 13.5 Å². The molecule has 0 saturated heterocycles. The lowest BCUT2D eigenvalue weighted by Gasteiger charge is -2.19. The van der Waals surface area contributed by atoms with Crippen molar-refractivity contribution in [1.82, 2.24) is 10.2 Å². The third-order valence-electron chi connectivity index (χ3n) is 2.35. The number of hydrogen-bond acceptors (Lipinski definition) is 3. The zero-order valence-corrected chi connectivity index (χ0v) is 11.0. The fraction of sp³-hybridized carbons (Fsp3) is 0.333. The maximum atomic E-state index is 11.8. The Kier molecular flexibility index (Phi) is 5.38. The summed E-state index contributed by atoms with van der Waals surface area (Å²) in [6, 6.07) is -0.400. The van der Waals surface area contributed by atoms with Crippen LogP contribution in [0.3, 0.4) is 0 Å². The molecule has 1 aromatic rings. The molecule has 0 unspecified atom stereocenters. The summed E-state index contributed by atoms with van der Waals surface area (Å²) in [4.78, 5) is 23.6. The Labute approximate surface area is 110 Å². The first-order chi connectivity index (χ1) is 8.54. The third kappa shape index (κ3) is 4.21. The molecule has 0 aliphatic rings. The number of thiophene rings is 1. The predicted octanol–water partition coefficient (Wildman–Crippen LogP) is 1.84. The van der Waals surface area contributed by atoms with Crippen molar-refractivity contribution in [2.24, 2.45) is 0 Å². The molecular formula is C12H16N2O3S. The smallest absolute Gasteiger partial charge is 0.323 e. The van der Waals surface area contributed by atoms with Gasteiger partial charge in [0, 0.05) is 13.1 Å². The molecule has 18 heavy (non-hydrogen) atoms. The average Bonchev–Trinajstić information content (AvgIpc) is 2.70. The zero-order chi connectivity index (χ0) is 13.5. The summed E-state index contributed by atoms with van der Waals surface area (Å²) in [5.74, 6) is -1.04. The topological polar surface area (TPSA) is 69.6 Å². The number of nitrogens with zero attached hydrogens (tertiary/aromatic N) is 1. The molecule has 0 radical (unpaired) electrons. The number of hydrogen-bond donors (Lipinski definition) is 2. The fourth-order valence-electron chi connectivity index (χ4n) is 1.39. The highest BCUT2D eigenvalue weighted by Gasteiger charge is 2.15. The molecule has 0 aromatic carbocycles. The molecule has 1 heterocycles. The molecule has 2 amide bonds. The minimum absolute atomic E-state index is 0.209. The number of amides is 2. The van der Waals surface area contributed by atoms with Crippen LogP contribution in [0.2, 0.25) is 0 Å². The van der Waals surface area contributed by atoms with Crippen LogP contribution < -0.4 is 5.32 Å². The summed E-state index contributed by atoms with van der Waals surface area (Å²) in [6.45, 7) is 5.75. The van der Waals surface area contributed by atoms with Crippen LogP contribution in [0.4, 0.5) is 4.79 Å². The summed E-state index contributed by atoms with van der Waals surface area (Å²) < 4.78 is 0. The van der Waals surface area contributed by atoms with Gasteiger partial charge in [-0.1, -0.05) is 6.08 Å². The van der Waals surface area contributed by atoms with Gasteiger partial charge in [0.1, 0.15) is 6.54 Å². The van der Waals surface area contributed by atoms with Crippen LogP contribution in [0.15, 0.2) is 23.4 Å². The lowest BCUT2D eigenvalue weighted by Crippen LogP contribution is -2.42. The fourth-order valence-corrected chi connectivity index (χ4v) is 2.25. The Morgan fingerprint density at radius 1 is 1.56 bits per heavy atom. The average molecular weight is 268 g/mol. The second kappa shape index (κ2) is 6.80. The molecule has 98 valence electrons. The van der Waals surface area contributed by atoms with E-state index in [4.69, 9.17) is 5.11 Å². The van der Waals surface area contributed by atoms with Gasteiger partial charge in [0.15, 0.2) is 0 Å². The maximum absolute atomic E-state index is 11.8. The number of carbonyl (C=O) groups is 2. The molecule has 0 aliphatic carbocycles. The first kappa shape index (κ1) is 14.2. The Morgan fingerprint density at radius 3 is 2.78 bits per heavy atom. The van der Waals surface area contributed by atoms with Gasteiger partial charge in [0.05, 0.1) is 0 Å². The monoisotopic (exact) mass is 268 g/mol. The highest BCUT2D eigenvalue weighted by Crippen LogP contribution is 2.13. The van der Waals surface area contributed by atoms with E-state index in [0.29, 0.717) is 6.54 Å². The van der Waals surface area contributed by atoms with Crippen LogP contribution in [0.1, 0.15) is 11.1 Å². The van der Waals surface area contributed by atoms with Crippen LogP contribution in [-0.2, 0) is 11.3 Å². The van der Waals surface area contributed by atoms with Crippen molar-refractivity contribution in [2.75, 3.05) is 13.1 Å². The summed E-state index contributed by atoms with van der Waals surface area (Å²) in [7, 11) is 0. The largest absolute Gasteiger partial charge is 0.480 e. The highest BCUT2D eigenvalue weighted by molar-refractivity contribution is 7.08. The normalized spacial score (nSPS) is 9.83. The lowest BCUT2D eigenvalue weighted by atomic mass is 10.2. The van der Waals surface area contributed by atoms with Crippen molar-refractivity contribution in [1.29, 1.82) is 0 Å². The van der Waals surface area contributed by atoms with Crippen LogP contribution in [-0.4, -0.2) is 35.1 Å². The number of aliphatic carboxylic acids is 1. The Hall–Kier alpha value is -1.82. The zero-order valence-electron chi connectivity index (χ0n) is 10.2. The van der Waals surface area contributed by atoms with Crippen molar-refractivity contribution in [3.63, 3.8) is 0 Å². The summed E-state index contributed by atoms with van der Waals surface area (Å²) >= 11 is 1.57. The molecule has 6 heteroatoms. The van der Waals surface area contributed by atoms with E-state index in [9.17, 15) is 9.59 Å². The number of carbonyl (C=O) groups excluding carboxylic acids is 1. The van der Waals surface area contributed by atoms with E-state index >= 15 is 0 Å². The molecule has 0 fully saturated rings. The minimum Gasteiger partial charge on any atom is -0.480 e. The third-order valence-corrected chi connectivity index (χ3v) is 3.26. The van der Waals surface area contributed by atoms with Gasteiger partial charge in [-0.15, -0.1) is 6.58 Å². The van der Waals surface area contributed by atoms with Crippen LogP contribution in [0, 0.1) is 6.92 Å². The molecule has 0 bridgehead atoms. The molecule has 2 N–H and O–H groups in total. The first-order valence-corrected chi connectivity index (χ1v) is 6.36. The van der Waals surface area contributed by atoms with Crippen molar-refractivity contribution < 1.29 is 14.7 Å². The Bertz CT molecular complexity index is 442. The number of nitrogens with one attached hydrogen (secondary N) is 1. The summed E-state index contributed by atoms with van der Waals surface area (Å²) in [6.07, 6.45) is 1.50. The van der Waals surface area contributed by atoms with Gasteiger partial charge < -0.3 is 15.3 Å². The summed E-state index contributed by atoms with van der Waals surface area (Å²) in [5.41, 5.74) is 2.16. The molecule has 1 aromatic heterocycles. The molecule has 0 atom stereocenters. The number of aryl methyl sites for hydroxylation is 1. The van der Waals surface area contributed by atoms with Gasteiger partial charge >= 0.3 is 12.0 Å². The van der Waals surface area contributed by atoms with Crippen LogP contribution in [0.5, 0.6) is 0 Å². The quantitative estimate of drug-likeness (QED) is 0.773. The van der Waals surface area contributed by atoms with Gasteiger partial charge in [-0.05, 0) is 28.8 Å². The molecule has 5 nitrogen and oxygen atoms in total. The highest BCUT2D eigenvalue weighted by atomic mass is 32.1. The van der Waals surface area contributed by atoms with E-state index in [1.54, 1.807) is 11.3 Å². The van der Waals surface area contributed by atoms with Gasteiger partial charge in [0.25, 0.3) is 0 Å². The first-order valence-electron chi connectivity index (χ1n) is 5.41. The number of carboxylic acid groups (broad SMARTS) is 1. The Morgan fingerprint density at radius 2 is 2.28 bits per heavy atom. The maximum Gasteiger partial charge on any atom is 0.323 e. The van der Waals surface area contributed by atoms with Crippen LogP contribution in [0.25, 0.3) is 0 Å². The van der Waals surface area contributed by atoms with E-state index in [-0.39, 0.29) is 13.1 Å². The minimum atomic E-state index is -1.04. The molecule has 1 rings (SSSR count). The van der Waals surface area contributed by atoms with Crippen molar-refractivity contribution >= 4 is 23.3 Å². The number of carboxylic acids is 1. The van der Waals surface area contributed by atoms with Gasteiger partial charge in [-0.3, -0.25) is 4.79 Å². The summed E-state index contributed by atoms with van der Waals surface area (Å²) in [5, 5.41) is 15.4. The number of rotatable bonds is 6. The van der Waals surface area contributed by atoms with E-state index in [0.717, 1.165) is 11.1 Å². The second-order valence-electron chi connectivity index (χ2n) is 3.80. The van der Waals surface area contributed by atoms with Gasteiger partial charge in [-0.2, -0.15) is 11.3 Å². The van der Waals surface area contributed by atoms with E-state index in [1.807, 2.05) is 17.7 Å². The standard InChI is InChI=1S/C12H16N2O3S/c1-3-4-14(6-11(15)16)12(17)13-5-10-8-18-7-9(10)2/h3,7-8H,1,4-6H2,2H3,(H,13,17)(H,15,16). The molecular weight excluding hydrogens is 252 g/mol. The lowest BCUT2D eigenvalue weighted by molar-refractivity contribution is -0.137. The van der Waals surface area contributed by atoms with Gasteiger partial charge in [0.2, 0.25) is 0 Å². The molecule has 0 spiro atoms. The van der Waals surface area contributed by atoms with Crippen molar-refractivity contribution in [3.05, 3.63) is 34.5 Å².